The molecule has 1 saturated heterocycles. The van der Waals surface area contributed by atoms with Crippen LogP contribution in [0.25, 0.3) is 0 Å². The third-order valence-corrected chi connectivity index (χ3v) is 6.05. The summed E-state index contributed by atoms with van der Waals surface area (Å²) < 4.78 is 31.1. The molecule has 0 aromatic carbocycles. The molecule has 25 heavy (non-hydrogen) atoms. The van der Waals surface area contributed by atoms with E-state index in [4.69, 9.17) is 4.52 Å². The summed E-state index contributed by atoms with van der Waals surface area (Å²) >= 11 is 0. The van der Waals surface area contributed by atoms with Crippen LogP contribution in [0.1, 0.15) is 30.9 Å². The van der Waals surface area contributed by atoms with Crippen molar-refractivity contribution in [3.8, 4) is 0 Å². The van der Waals surface area contributed by atoms with E-state index < -0.39 is 10.0 Å². The van der Waals surface area contributed by atoms with Crippen molar-refractivity contribution in [2.75, 3.05) is 31.1 Å². The van der Waals surface area contributed by atoms with Gasteiger partial charge in [0.2, 0.25) is 16.0 Å². The van der Waals surface area contributed by atoms with E-state index in [-0.39, 0.29) is 5.75 Å². The molecule has 136 valence electrons. The van der Waals surface area contributed by atoms with E-state index in [9.17, 15) is 8.42 Å². The fraction of sp³-hybridized carbons (Fsp3) is 0.600. The Morgan fingerprint density at radius 2 is 1.80 bits per heavy atom. The van der Waals surface area contributed by atoms with Gasteiger partial charge in [0.15, 0.2) is 0 Å². The Hall–Kier alpha value is -2.07. The molecule has 0 N–H and O–H groups in total. The summed E-state index contributed by atoms with van der Waals surface area (Å²) in [7, 11) is -3.41. The second-order valence-electron chi connectivity index (χ2n) is 5.85. The van der Waals surface area contributed by atoms with Crippen molar-refractivity contribution in [2.45, 2.75) is 32.4 Å². The van der Waals surface area contributed by atoms with Crippen LogP contribution in [-0.4, -0.2) is 59.2 Å². The van der Waals surface area contributed by atoms with Crippen molar-refractivity contribution in [3.05, 3.63) is 29.4 Å². The van der Waals surface area contributed by atoms with Crippen LogP contribution in [0.15, 0.2) is 16.9 Å². The number of sulfonamides is 1. The van der Waals surface area contributed by atoms with Crippen LogP contribution in [-0.2, 0) is 28.6 Å². The molecule has 0 aliphatic carbocycles. The highest BCUT2D eigenvalue weighted by atomic mass is 32.2. The van der Waals surface area contributed by atoms with E-state index in [0.717, 1.165) is 24.2 Å². The van der Waals surface area contributed by atoms with Crippen LogP contribution in [0.4, 0.5) is 5.95 Å². The van der Waals surface area contributed by atoms with E-state index in [2.05, 4.69) is 20.3 Å². The van der Waals surface area contributed by atoms with Gasteiger partial charge in [0.25, 0.3) is 0 Å². The molecular formula is C15H22N6O3S. The summed E-state index contributed by atoms with van der Waals surface area (Å²) in [4.78, 5) is 6.58. The van der Waals surface area contributed by atoms with E-state index in [1.807, 2.05) is 18.7 Å². The minimum absolute atomic E-state index is 0.146. The molecule has 0 amide bonds. The Morgan fingerprint density at radius 3 is 2.40 bits per heavy atom. The highest BCUT2D eigenvalue weighted by Crippen LogP contribution is 2.16. The summed E-state index contributed by atoms with van der Waals surface area (Å²) in [5.74, 6) is 0.426. The summed E-state index contributed by atoms with van der Waals surface area (Å²) in [5.41, 5.74) is 2.28. The average molecular weight is 366 g/mol. The predicted molar refractivity (Wildman–Crippen MR) is 91.5 cm³/mol. The van der Waals surface area contributed by atoms with E-state index in [1.165, 1.54) is 10.6 Å². The zero-order valence-corrected chi connectivity index (χ0v) is 15.2. The molecule has 0 saturated carbocycles. The Bertz CT molecular complexity index is 801. The highest BCUT2D eigenvalue weighted by molar-refractivity contribution is 7.88. The fourth-order valence-corrected chi connectivity index (χ4v) is 4.24. The lowest BCUT2D eigenvalue weighted by atomic mass is 10.2. The second kappa shape index (κ2) is 7.44. The third-order valence-electron chi connectivity index (χ3n) is 4.23. The van der Waals surface area contributed by atoms with Gasteiger partial charge in [0.05, 0.1) is 17.1 Å². The van der Waals surface area contributed by atoms with Crippen LogP contribution < -0.4 is 4.90 Å². The molecule has 10 heteroatoms. The molecule has 1 aliphatic heterocycles. The van der Waals surface area contributed by atoms with Gasteiger partial charge in [-0.2, -0.15) is 9.40 Å². The molecule has 9 nitrogen and oxygen atoms in total. The number of piperazine rings is 1. The Morgan fingerprint density at radius 1 is 1.08 bits per heavy atom. The number of anilines is 1. The van der Waals surface area contributed by atoms with Crippen molar-refractivity contribution in [3.63, 3.8) is 0 Å². The maximum Gasteiger partial charge on any atom is 0.245 e. The van der Waals surface area contributed by atoms with E-state index in [0.29, 0.717) is 37.8 Å². The topological polar surface area (TPSA) is 105 Å². The summed E-state index contributed by atoms with van der Waals surface area (Å²) in [6.45, 7) is 5.92. The van der Waals surface area contributed by atoms with Gasteiger partial charge < -0.3 is 9.42 Å². The first-order valence-corrected chi connectivity index (χ1v) is 9.99. The van der Waals surface area contributed by atoms with Crippen molar-refractivity contribution in [1.29, 1.82) is 0 Å². The van der Waals surface area contributed by atoms with Gasteiger partial charge in [-0.1, -0.05) is 19.0 Å². The lowest BCUT2D eigenvalue weighted by Crippen LogP contribution is -2.49. The highest BCUT2D eigenvalue weighted by Gasteiger charge is 2.29. The Labute approximate surface area is 147 Å². The van der Waals surface area contributed by atoms with Crippen LogP contribution in [0.2, 0.25) is 0 Å². The Kier molecular flexibility index (Phi) is 5.28. The van der Waals surface area contributed by atoms with Crippen molar-refractivity contribution >= 4 is 16.0 Å². The van der Waals surface area contributed by atoms with Crippen LogP contribution in [0.3, 0.4) is 0 Å². The molecule has 0 radical (unpaired) electrons. The van der Waals surface area contributed by atoms with Crippen molar-refractivity contribution in [2.24, 2.45) is 0 Å². The van der Waals surface area contributed by atoms with Gasteiger partial charge in [-0.3, -0.25) is 0 Å². The van der Waals surface area contributed by atoms with Crippen LogP contribution >= 0.6 is 0 Å². The standard InChI is InChI=1S/C15H22N6O3S/c1-3-13-14(4-2)17-18-15(16-13)20-6-8-21(9-7-20)25(22,23)11-12-5-10-24-19-12/h5,10H,3-4,6-9,11H2,1-2H3. The van der Waals surface area contributed by atoms with Gasteiger partial charge in [-0.15, -0.1) is 5.10 Å². The predicted octanol–water partition coefficient (Wildman–Crippen LogP) is 0.636. The van der Waals surface area contributed by atoms with Crippen LogP contribution in [0.5, 0.6) is 0 Å². The lowest BCUT2D eigenvalue weighted by Gasteiger charge is -2.33. The molecular weight excluding hydrogens is 344 g/mol. The largest absolute Gasteiger partial charge is 0.364 e. The summed E-state index contributed by atoms with van der Waals surface area (Å²) in [5, 5.41) is 12.1. The SMILES string of the molecule is CCc1nnc(N2CCN(S(=O)(=O)Cc3ccon3)CC2)nc1CC. The Balaban J connectivity index is 1.65. The molecule has 3 rings (SSSR count). The minimum atomic E-state index is -3.41. The van der Waals surface area contributed by atoms with E-state index >= 15 is 0 Å². The zero-order chi connectivity index (χ0) is 17.9. The lowest BCUT2D eigenvalue weighted by molar-refractivity contribution is 0.379. The zero-order valence-electron chi connectivity index (χ0n) is 14.4. The molecule has 3 heterocycles. The van der Waals surface area contributed by atoms with Crippen LogP contribution in [0, 0.1) is 0 Å². The molecule has 0 spiro atoms. The number of nitrogens with zero attached hydrogens (tertiary/aromatic N) is 6. The fourth-order valence-electron chi connectivity index (χ4n) is 2.82. The average Bonchev–Trinajstić information content (AvgIpc) is 3.13. The number of aromatic nitrogens is 4. The van der Waals surface area contributed by atoms with Crippen molar-refractivity contribution in [1.82, 2.24) is 24.6 Å². The number of hydrogen-bond acceptors (Lipinski definition) is 8. The molecule has 0 bridgehead atoms. The molecule has 1 aliphatic rings. The van der Waals surface area contributed by atoms with E-state index in [1.54, 1.807) is 6.07 Å². The first kappa shape index (κ1) is 17.7. The molecule has 0 unspecified atom stereocenters. The monoisotopic (exact) mass is 366 g/mol. The van der Waals surface area contributed by atoms with Gasteiger partial charge in [-0.05, 0) is 12.8 Å². The molecule has 0 atom stereocenters. The molecule has 2 aromatic rings. The summed E-state index contributed by atoms with van der Waals surface area (Å²) in [6, 6.07) is 1.56. The maximum atomic E-state index is 12.5. The first-order valence-electron chi connectivity index (χ1n) is 8.38. The van der Waals surface area contributed by atoms with Crippen molar-refractivity contribution < 1.29 is 12.9 Å². The maximum absolute atomic E-state index is 12.5. The number of aryl methyl sites for hydroxylation is 2. The third kappa shape index (κ3) is 3.96. The minimum Gasteiger partial charge on any atom is -0.364 e. The van der Waals surface area contributed by atoms with Gasteiger partial charge in [-0.25, -0.2) is 13.4 Å². The number of rotatable bonds is 6. The van der Waals surface area contributed by atoms with Gasteiger partial charge >= 0.3 is 0 Å². The smallest absolute Gasteiger partial charge is 0.245 e. The number of hydrogen-bond donors (Lipinski definition) is 0. The second-order valence-corrected chi connectivity index (χ2v) is 7.81. The first-order chi connectivity index (χ1) is 12.0. The molecule has 1 fully saturated rings. The van der Waals surface area contributed by atoms with Gasteiger partial charge in [0, 0.05) is 32.2 Å². The molecule has 2 aromatic heterocycles. The van der Waals surface area contributed by atoms with Gasteiger partial charge in [0.1, 0.15) is 12.0 Å². The summed E-state index contributed by atoms with van der Waals surface area (Å²) in [6.07, 6.45) is 2.98. The normalized spacial score (nSPS) is 16.3. The quantitative estimate of drug-likeness (QED) is 0.733.